The van der Waals surface area contributed by atoms with Crippen LogP contribution in [0.15, 0.2) is 44.7 Å². The van der Waals surface area contributed by atoms with Gasteiger partial charge in [0.2, 0.25) is 22.0 Å². The molecule has 6 N–H and O–H groups in total. The molecule has 0 aromatic heterocycles. The van der Waals surface area contributed by atoms with Gasteiger partial charge < -0.3 is 22.1 Å². The minimum absolute atomic E-state index is 0.0785. The number of azo groups is 2. The van der Waals surface area contributed by atoms with Crippen LogP contribution >= 0.6 is 24.4 Å². The van der Waals surface area contributed by atoms with Gasteiger partial charge in [0.25, 0.3) is 0 Å². The van der Waals surface area contributed by atoms with Crippen LogP contribution in [-0.2, 0) is 9.59 Å². The second-order valence-corrected chi connectivity index (χ2v) is 6.72. The summed E-state index contributed by atoms with van der Waals surface area (Å²) in [7, 11) is 0. The Balaban J connectivity index is 2.50. The monoisotopic (exact) mass is 422 g/mol. The Morgan fingerprint density at radius 2 is 1.18 bits per heavy atom. The Morgan fingerprint density at radius 1 is 0.857 bits per heavy atom. The SMILES string of the molecule is CC(CC(=O)Nc1ccc(NC(=O)CC(C)N=NC(N)=S)cc1)N=NC(N)=S. The van der Waals surface area contributed by atoms with Crippen molar-refractivity contribution < 1.29 is 9.59 Å². The minimum atomic E-state index is -0.354. The molecule has 0 bridgehead atoms. The van der Waals surface area contributed by atoms with Crippen molar-refractivity contribution in [1.29, 1.82) is 0 Å². The number of nitrogens with two attached hydrogens (primary N) is 2. The van der Waals surface area contributed by atoms with Gasteiger partial charge in [-0.1, -0.05) is 0 Å². The summed E-state index contributed by atoms with van der Waals surface area (Å²) in [6.45, 7) is 3.45. The van der Waals surface area contributed by atoms with E-state index in [0.29, 0.717) is 11.4 Å². The number of hydrogen-bond acceptors (Lipinski definition) is 6. The summed E-state index contributed by atoms with van der Waals surface area (Å²) in [6, 6.07) is 5.98. The summed E-state index contributed by atoms with van der Waals surface area (Å²) in [6.07, 6.45) is 0.257. The van der Waals surface area contributed by atoms with Gasteiger partial charge in [-0.15, -0.1) is 10.2 Å². The molecule has 0 saturated heterocycles. The Bertz CT molecular complexity index is 714. The molecule has 12 heteroatoms. The van der Waals surface area contributed by atoms with Crippen LogP contribution in [0.5, 0.6) is 0 Å². The number of thiocarbonyl (C=S) groups is 2. The van der Waals surface area contributed by atoms with E-state index in [0.717, 1.165) is 0 Å². The number of hydrogen-bond donors (Lipinski definition) is 4. The van der Waals surface area contributed by atoms with Crippen molar-refractivity contribution in [2.75, 3.05) is 10.6 Å². The molecule has 0 aliphatic rings. The van der Waals surface area contributed by atoms with E-state index >= 15 is 0 Å². The summed E-state index contributed by atoms with van der Waals surface area (Å²) in [5.41, 5.74) is 11.6. The van der Waals surface area contributed by atoms with Gasteiger partial charge in [0.05, 0.1) is 24.9 Å². The smallest absolute Gasteiger partial charge is 0.226 e. The van der Waals surface area contributed by atoms with Crippen LogP contribution < -0.4 is 22.1 Å². The van der Waals surface area contributed by atoms with Crippen molar-refractivity contribution >= 4 is 57.8 Å². The van der Waals surface area contributed by atoms with E-state index in [4.69, 9.17) is 11.5 Å². The zero-order chi connectivity index (χ0) is 21.1. The predicted octanol–water partition coefficient (Wildman–Crippen LogP) is 2.51. The molecule has 0 heterocycles. The molecule has 0 radical (unpaired) electrons. The quantitative estimate of drug-likeness (QED) is 0.372. The van der Waals surface area contributed by atoms with Crippen LogP contribution in [0.2, 0.25) is 0 Å². The first-order valence-electron chi connectivity index (χ1n) is 8.26. The van der Waals surface area contributed by atoms with Crippen molar-refractivity contribution in [1.82, 2.24) is 0 Å². The summed E-state index contributed by atoms with van der Waals surface area (Å²) in [5, 5.41) is 20.1. The number of carbonyl (C=O) groups excluding carboxylic acids is 2. The molecule has 0 spiro atoms. The fourth-order valence-electron chi connectivity index (χ4n) is 1.99. The molecule has 1 aromatic rings. The first-order chi connectivity index (χ1) is 13.2. The predicted molar refractivity (Wildman–Crippen MR) is 115 cm³/mol. The van der Waals surface area contributed by atoms with Crippen molar-refractivity contribution in [3.63, 3.8) is 0 Å². The third-order valence-corrected chi connectivity index (χ3v) is 3.28. The number of nitrogens with zero attached hydrogens (tertiary/aromatic N) is 4. The average Bonchev–Trinajstić information content (AvgIpc) is 2.59. The van der Waals surface area contributed by atoms with Gasteiger partial charge in [0.15, 0.2) is 0 Å². The molecule has 150 valence electrons. The lowest BCUT2D eigenvalue weighted by molar-refractivity contribution is -0.117. The van der Waals surface area contributed by atoms with Gasteiger partial charge in [-0.05, 0) is 62.5 Å². The van der Waals surface area contributed by atoms with Crippen LogP contribution in [0, 0.1) is 0 Å². The van der Waals surface area contributed by atoms with Crippen molar-refractivity contribution in [3.05, 3.63) is 24.3 Å². The molecule has 1 rings (SSSR count). The molecule has 10 nitrogen and oxygen atoms in total. The van der Waals surface area contributed by atoms with Gasteiger partial charge in [-0.25, -0.2) is 0 Å². The van der Waals surface area contributed by atoms with E-state index in [1.807, 2.05) is 0 Å². The Morgan fingerprint density at radius 3 is 1.46 bits per heavy atom. The standard InChI is InChI=1S/C16H22N8O2S2/c1-9(21-23-15(17)27)7-13(25)19-11-3-5-12(6-4-11)20-14(26)8-10(2)22-24-16(18)28/h3-6,9-10H,7-8H2,1-2H3,(H2,17,27)(H2,18,28)(H,19,25)(H,20,26). The van der Waals surface area contributed by atoms with E-state index in [2.05, 4.69) is 55.5 Å². The fourth-order valence-corrected chi connectivity index (χ4v) is 2.08. The molecular formula is C16H22N8O2S2. The van der Waals surface area contributed by atoms with Crippen LogP contribution in [-0.4, -0.2) is 34.1 Å². The molecular weight excluding hydrogens is 400 g/mol. The molecule has 0 aliphatic heterocycles. The second kappa shape index (κ2) is 11.8. The molecule has 0 aliphatic carbocycles. The number of amides is 2. The summed E-state index contributed by atoms with van der Waals surface area (Å²) >= 11 is 9.17. The lowest BCUT2D eigenvalue weighted by Crippen LogP contribution is -2.18. The zero-order valence-electron chi connectivity index (χ0n) is 15.5. The number of carbonyl (C=O) groups is 2. The Kier molecular flexibility index (Phi) is 9.74. The van der Waals surface area contributed by atoms with Crippen LogP contribution in [0.1, 0.15) is 26.7 Å². The molecule has 2 amide bonds. The highest BCUT2D eigenvalue weighted by atomic mass is 32.1. The molecule has 0 saturated carbocycles. The maximum absolute atomic E-state index is 12.0. The van der Waals surface area contributed by atoms with E-state index < -0.39 is 0 Å². The maximum atomic E-state index is 12.0. The molecule has 2 unspecified atom stereocenters. The van der Waals surface area contributed by atoms with Gasteiger partial charge in [0.1, 0.15) is 0 Å². The number of rotatable bonds is 8. The van der Waals surface area contributed by atoms with Gasteiger partial charge in [-0.3, -0.25) is 9.59 Å². The fraction of sp³-hybridized carbons (Fsp3) is 0.375. The van der Waals surface area contributed by atoms with E-state index in [-0.39, 0.29) is 47.0 Å². The molecule has 28 heavy (non-hydrogen) atoms. The lowest BCUT2D eigenvalue weighted by atomic mass is 10.2. The number of nitrogens with one attached hydrogen (secondary N) is 2. The topological polar surface area (TPSA) is 160 Å². The van der Waals surface area contributed by atoms with Crippen LogP contribution in [0.3, 0.4) is 0 Å². The van der Waals surface area contributed by atoms with Crippen LogP contribution in [0.25, 0.3) is 0 Å². The minimum Gasteiger partial charge on any atom is -0.373 e. The van der Waals surface area contributed by atoms with Crippen molar-refractivity contribution in [2.45, 2.75) is 38.8 Å². The van der Waals surface area contributed by atoms with E-state index in [1.165, 1.54) is 0 Å². The van der Waals surface area contributed by atoms with Crippen LogP contribution in [0.4, 0.5) is 11.4 Å². The summed E-state index contributed by atoms with van der Waals surface area (Å²) in [5.74, 6) is -0.466. The number of benzene rings is 1. The normalized spacial score (nSPS) is 13.2. The Labute approximate surface area is 173 Å². The first-order valence-corrected chi connectivity index (χ1v) is 9.07. The Hall–Kier alpha value is -2.86. The highest BCUT2D eigenvalue weighted by Crippen LogP contribution is 2.15. The molecule has 1 aromatic carbocycles. The van der Waals surface area contributed by atoms with Gasteiger partial charge >= 0.3 is 0 Å². The summed E-state index contributed by atoms with van der Waals surface area (Å²) < 4.78 is 0. The third kappa shape index (κ3) is 10.3. The third-order valence-electron chi connectivity index (χ3n) is 3.12. The second-order valence-electron chi connectivity index (χ2n) is 5.89. The van der Waals surface area contributed by atoms with E-state index in [9.17, 15) is 9.59 Å². The van der Waals surface area contributed by atoms with Gasteiger partial charge in [0, 0.05) is 11.4 Å². The maximum Gasteiger partial charge on any atom is 0.226 e. The lowest BCUT2D eigenvalue weighted by Gasteiger charge is -2.10. The number of anilines is 2. The average molecular weight is 423 g/mol. The van der Waals surface area contributed by atoms with Crippen molar-refractivity contribution in [2.24, 2.45) is 31.9 Å². The highest BCUT2D eigenvalue weighted by molar-refractivity contribution is 7.80. The molecule has 0 fully saturated rings. The first kappa shape index (κ1) is 23.2. The molecule has 2 atom stereocenters. The largest absolute Gasteiger partial charge is 0.373 e. The zero-order valence-corrected chi connectivity index (χ0v) is 17.1. The van der Waals surface area contributed by atoms with Gasteiger partial charge in [-0.2, -0.15) is 10.2 Å². The van der Waals surface area contributed by atoms with Crippen molar-refractivity contribution in [3.8, 4) is 0 Å². The highest BCUT2D eigenvalue weighted by Gasteiger charge is 2.10. The summed E-state index contributed by atoms with van der Waals surface area (Å²) in [4.78, 5) is 24.0. The van der Waals surface area contributed by atoms with E-state index in [1.54, 1.807) is 38.1 Å².